The summed E-state index contributed by atoms with van der Waals surface area (Å²) in [5.74, 6) is 1.98. The van der Waals surface area contributed by atoms with E-state index in [1.165, 1.54) is 12.7 Å². The second-order valence-electron chi connectivity index (χ2n) is 6.17. The van der Waals surface area contributed by atoms with Crippen LogP contribution in [0.1, 0.15) is 21.7 Å². The van der Waals surface area contributed by atoms with Gasteiger partial charge < -0.3 is 14.0 Å². The standard InChI is InChI=1S/C22H23N3O3S/c1-3-13-25-20(16-17-7-5-4-6-8-17)23-24-22(25)29-15-14-28-19-11-9-18(10-12-19)21(26)27-2/h3-12H,1,13-16H2,2H3. The summed E-state index contributed by atoms with van der Waals surface area (Å²) in [7, 11) is 1.36. The van der Waals surface area contributed by atoms with Gasteiger partial charge in [-0.15, -0.1) is 16.8 Å². The molecule has 0 bridgehead atoms. The van der Waals surface area contributed by atoms with Crippen molar-refractivity contribution in [3.63, 3.8) is 0 Å². The summed E-state index contributed by atoms with van der Waals surface area (Å²) in [5.41, 5.74) is 1.69. The Kier molecular flexibility index (Phi) is 7.47. The maximum Gasteiger partial charge on any atom is 0.337 e. The molecule has 0 aliphatic carbocycles. The maximum atomic E-state index is 11.5. The predicted molar refractivity (Wildman–Crippen MR) is 113 cm³/mol. The average Bonchev–Trinajstić information content (AvgIpc) is 3.13. The van der Waals surface area contributed by atoms with E-state index < -0.39 is 0 Å². The van der Waals surface area contributed by atoms with Crippen molar-refractivity contribution >= 4 is 17.7 Å². The van der Waals surface area contributed by atoms with Gasteiger partial charge in [-0.05, 0) is 29.8 Å². The lowest BCUT2D eigenvalue weighted by molar-refractivity contribution is 0.0600. The van der Waals surface area contributed by atoms with Crippen LogP contribution in [0.25, 0.3) is 0 Å². The number of thioether (sulfide) groups is 1. The van der Waals surface area contributed by atoms with E-state index in [9.17, 15) is 4.79 Å². The highest BCUT2D eigenvalue weighted by atomic mass is 32.2. The minimum absolute atomic E-state index is 0.361. The van der Waals surface area contributed by atoms with Crippen LogP contribution in [0.3, 0.4) is 0 Å². The lowest BCUT2D eigenvalue weighted by Gasteiger charge is -2.09. The number of rotatable bonds is 10. The van der Waals surface area contributed by atoms with Crippen molar-refractivity contribution < 1.29 is 14.3 Å². The van der Waals surface area contributed by atoms with Crippen LogP contribution in [-0.2, 0) is 17.7 Å². The lowest BCUT2D eigenvalue weighted by Crippen LogP contribution is -2.06. The van der Waals surface area contributed by atoms with Crippen molar-refractivity contribution in [3.05, 3.63) is 84.2 Å². The number of allylic oxidation sites excluding steroid dienone is 1. The second-order valence-corrected chi connectivity index (χ2v) is 7.24. The molecule has 1 heterocycles. The molecule has 0 radical (unpaired) electrons. The van der Waals surface area contributed by atoms with Gasteiger partial charge in [-0.3, -0.25) is 0 Å². The third-order valence-electron chi connectivity index (χ3n) is 4.17. The van der Waals surface area contributed by atoms with Crippen molar-refractivity contribution in [2.75, 3.05) is 19.5 Å². The topological polar surface area (TPSA) is 66.2 Å². The predicted octanol–water partition coefficient (Wildman–Crippen LogP) is 4.01. The third-order valence-corrected chi connectivity index (χ3v) is 5.10. The highest BCUT2D eigenvalue weighted by molar-refractivity contribution is 7.99. The molecular formula is C22H23N3O3S. The van der Waals surface area contributed by atoms with Gasteiger partial charge in [0.2, 0.25) is 0 Å². The second kappa shape index (κ2) is 10.5. The summed E-state index contributed by atoms with van der Waals surface area (Å²) in [4.78, 5) is 11.5. The minimum atomic E-state index is -0.361. The van der Waals surface area contributed by atoms with Crippen molar-refractivity contribution in [1.82, 2.24) is 14.8 Å². The van der Waals surface area contributed by atoms with Crippen LogP contribution in [0.2, 0.25) is 0 Å². The maximum absolute atomic E-state index is 11.5. The third kappa shape index (κ3) is 5.71. The molecule has 0 atom stereocenters. The van der Waals surface area contributed by atoms with Gasteiger partial charge in [0, 0.05) is 18.7 Å². The molecule has 7 heteroatoms. The molecule has 1 aromatic heterocycles. The van der Waals surface area contributed by atoms with Crippen LogP contribution in [0, 0.1) is 0 Å². The fourth-order valence-electron chi connectivity index (χ4n) is 2.74. The molecule has 150 valence electrons. The van der Waals surface area contributed by atoms with E-state index in [-0.39, 0.29) is 5.97 Å². The van der Waals surface area contributed by atoms with Crippen LogP contribution < -0.4 is 4.74 Å². The zero-order valence-electron chi connectivity index (χ0n) is 16.3. The van der Waals surface area contributed by atoms with Crippen LogP contribution in [0.5, 0.6) is 5.75 Å². The van der Waals surface area contributed by atoms with E-state index in [1.54, 1.807) is 36.0 Å². The molecule has 0 unspecified atom stereocenters. The Bertz CT molecular complexity index is 940. The Morgan fingerprint density at radius 3 is 2.59 bits per heavy atom. The molecule has 0 N–H and O–H groups in total. The van der Waals surface area contributed by atoms with E-state index in [1.807, 2.05) is 24.3 Å². The van der Waals surface area contributed by atoms with E-state index in [4.69, 9.17) is 4.74 Å². The number of methoxy groups -OCH3 is 1. The van der Waals surface area contributed by atoms with Gasteiger partial charge >= 0.3 is 5.97 Å². The summed E-state index contributed by atoms with van der Waals surface area (Å²) < 4.78 is 12.5. The largest absolute Gasteiger partial charge is 0.493 e. The summed E-state index contributed by atoms with van der Waals surface area (Å²) in [5, 5.41) is 9.55. The summed E-state index contributed by atoms with van der Waals surface area (Å²) >= 11 is 1.59. The first-order chi connectivity index (χ1) is 14.2. The van der Waals surface area contributed by atoms with Crippen LogP contribution in [0.4, 0.5) is 0 Å². The normalized spacial score (nSPS) is 10.5. The fraction of sp³-hybridized carbons (Fsp3) is 0.227. The van der Waals surface area contributed by atoms with E-state index in [2.05, 4.69) is 38.2 Å². The number of esters is 1. The van der Waals surface area contributed by atoms with E-state index in [0.717, 1.165) is 23.2 Å². The van der Waals surface area contributed by atoms with Crippen molar-refractivity contribution in [2.45, 2.75) is 18.1 Å². The Morgan fingerprint density at radius 1 is 1.14 bits per heavy atom. The molecule has 0 aliphatic rings. The van der Waals surface area contributed by atoms with Gasteiger partial charge in [-0.1, -0.05) is 48.2 Å². The summed E-state index contributed by atoms with van der Waals surface area (Å²) in [6.45, 7) is 5.01. The van der Waals surface area contributed by atoms with Crippen molar-refractivity contribution in [1.29, 1.82) is 0 Å². The lowest BCUT2D eigenvalue weighted by atomic mass is 10.1. The zero-order chi connectivity index (χ0) is 20.5. The molecule has 6 nitrogen and oxygen atoms in total. The SMILES string of the molecule is C=CCn1c(Cc2ccccc2)nnc1SCCOc1ccc(C(=O)OC)cc1. The smallest absolute Gasteiger partial charge is 0.337 e. The van der Waals surface area contributed by atoms with Gasteiger partial charge in [0.05, 0.1) is 19.3 Å². The molecule has 0 spiro atoms. The molecule has 0 saturated carbocycles. The molecule has 0 saturated heterocycles. The minimum Gasteiger partial charge on any atom is -0.493 e. The Labute approximate surface area is 174 Å². The van der Waals surface area contributed by atoms with Crippen LogP contribution in [-0.4, -0.2) is 40.2 Å². The van der Waals surface area contributed by atoms with Gasteiger partial charge in [0.25, 0.3) is 0 Å². The molecule has 0 aliphatic heterocycles. The van der Waals surface area contributed by atoms with Gasteiger partial charge in [-0.25, -0.2) is 4.79 Å². The number of aromatic nitrogens is 3. The Balaban J connectivity index is 1.55. The first-order valence-corrected chi connectivity index (χ1v) is 10.2. The van der Waals surface area contributed by atoms with Gasteiger partial charge in [0.15, 0.2) is 5.16 Å². The Hall–Kier alpha value is -3.06. The monoisotopic (exact) mass is 409 g/mol. The number of carbonyl (C=O) groups is 1. The number of hydrogen-bond donors (Lipinski definition) is 0. The Morgan fingerprint density at radius 2 is 1.90 bits per heavy atom. The first-order valence-electron chi connectivity index (χ1n) is 9.22. The zero-order valence-corrected chi connectivity index (χ0v) is 17.1. The molecule has 0 amide bonds. The highest BCUT2D eigenvalue weighted by Gasteiger charge is 2.12. The first kappa shape index (κ1) is 20.7. The van der Waals surface area contributed by atoms with E-state index in [0.29, 0.717) is 24.5 Å². The molecule has 29 heavy (non-hydrogen) atoms. The number of ether oxygens (including phenoxy) is 2. The molecular weight excluding hydrogens is 386 g/mol. The number of carbonyl (C=O) groups excluding carboxylic acids is 1. The molecule has 3 rings (SSSR count). The summed E-state index contributed by atoms with van der Waals surface area (Å²) in [6.07, 6.45) is 2.58. The van der Waals surface area contributed by atoms with Crippen LogP contribution >= 0.6 is 11.8 Å². The highest BCUT2D eigenvalue weighted by Crippen LogP contribution is 2.20. The van der Waals surface area contributed by atoms with Crippen molar-refractivity contribution in [2.24, 2.45) is 0 Å². The van der Waals surface area contributed by atoms with Crippen LogP contribution in [0.15, 0.2) is 72.4 Å². The van der Waals surface area contributed by atoms with Gasteiger partial charge in [-0.2, -0.15) is 0 Å². The summed E-state index contributed by atoms with van der Waals surface area (Å²) in [6, 6.07) is 17.1. The quantitative estimate of drug-likeness (QED) is 0.218. The number of benzene rings is 2. The molecule has 2 aromatic carbocycles. The van der Waals surface area contributed by atoms with E-state index >= 15 is 0 Å². The average molecular weight is 410 g/mol. The van der Waals surface area contributed by atoms with Gasteiger partial charge in [0.1, 0.15) is 11.6 Å². The fourth-order valence-corrected chi connectivity index (χ4v) is 3.53. The molecule has 0 fully saturated rings. The van der Waals surface area contributed by atoms with Crippen molar-refractivity contribution in [3.8, 4) is 5.75 Å². The number of nitrogens with zero attached hydrogens (tertiary/aromatic N) is 3. The number of hydrogen-bond acceptors (Lipinski definition) is 6. The molecule has 3 aromatic rings.